The van der Waals surface area contributed by atoms with Gasteiger partial charge in [0.05, 0.1) is 33.5 Å². The van der Waals surface area contributed by atoms with Crippen molar-refractivity contribution < 1.29 is 19.2 Å². The minimum Gasteiger partial charge on any atom is -0.493 e. The summed E-state index contributed by atoms with van der Waals surface area (Å²) in [5, 5.41) is 24.0. The maximum Gasteiger partial charge on any atom is 0.269 e. The second-order valence-electron chi connectivity index (χ2n) is 6.53. The van der Waals surface area contributed by atoms with Crippen molar-refractivity contribution in [2.75, 3.05) is 7.11 Å². The van der Waals surface area contributed by atoms with Gasteiger partial charge in [0.25, 0.3) is 5.69 Å². The van der Waals surface area contributed by atoms with E-state index in [-0.39, 0.29) is 18.9 Å². The summed E-state index contributed by atoms with van der Waals surface area (Å²) in [6, 6.07) is 19.2. The van der Waals surface area contributed by atoms with E-state index in [1.54, 1.807) is 36.5 Å². The SMILES string of the molecule is COc1cc(/C=N\OCc2ccccc2C#N)cc(I)c1OCc1cccc([N+](=O)[O-])c1. The number of nitrogens with zero attached hydrogens (tertiary/aromatic N) is 3. The third-order valence-corrected chi connectivity index (χ3v) is 5.19. The van der Waals surface area contributed by atoms with Crippen LogP contribution in [0.5, 0.6) is 11.5 Å². The first-order valence-corrected chi connectivity index (χ1v) is 10.5. The van der Waals surface area contributed by atoms with Crippen LogP contribution in [-0.4, -0.2) is 18.2 Å². The van der Waals surface area contributed by atoms with Gasteiger partial charge in [0, 0.05) is 23.3 Å². The molecule has 0 saturated carbocycles. The third-order valence-electron chi connectivity index (χ3n) is 4.39. The lowest BCUT2D eigenvalue weighted by atomic mass is 10.1. The molecule has 0 atom stereocenters. The Balaban J connectivity index is 1.68. The summed E-state index contributed by atoms with van der Waals surface area (Å²) < 4.78 is 12.1. The predicted octanol–water partition coefficient (Wildman–Crippen LogP) is 5.21. The highest BCUT2D eigenvalue weighted by atomic mass is 127. The Labute approximate surface area is 198 Å². The van der Waals surface area contributed by atoms with Crippen molar-refractivity contribution in [3.8, 4) is 17.6 Å². The number of nitriles is 1. The number of benzene rings is 3. The van der Waals surface area contributed by atoms with Crippen LogP contribution in [0.1, 0.15) is 22.3 Å². The van der Waals surface area contributed by atoms with Crippen LogP contribution < -0.4 is 9.47 Å². The van der Waals surface area contributed by atoms with E-state index in [1.807, 2.05) is 18.2 Å². The third kappa shape index (κ3) is 5.95. The lowest BCUT2D eigenvalue weighted by Crippen LogP contribution is -2.01. The molecule has 0 fully saturated rings. The van der Waals surface area contributed by atoms with Crippen molar-refractivity contribution in [3.05, 3.63) is 96.6 Å². The summed E-state index contributed by atoms with van der Waals surface area (Å²) in [7, 11) is 1.53. The van der Waals surface area contributed by atoms with Crippen molar-refractivity contribution in [2.45, 2.75) is 13.2 Å². The van der Waals surface area contributed by atoms with Crippen molar-refractivity contribution >= 4 is 34.5 Å². The van der Waals surface area contributed by atoms with Gasteiger partial charge in [-0.25, -0.2) is 0 Å². The number of nitro groups is 1. The lowest BCUT2D eigenvalue weighted by molar-refractivity contribution is -0.384. The molecule has 0 radical (unpaired) electrons. The number of oxime groups is 1. The first kappa shape index (κ1) is 23.0. The average molecular weight is 543 g/mol. The van der Waals surface area contributed by atoms with E-state index in [9.17, 15) is 10.1 Å². The van der Waals surface area contributed by atoms with E-state index in [2.05, 4.69) is 33.8 Å². The molecular weight excluding hydrogens is 525 g/mol. The molecule has 3 rings (SSSR count). The van der Waals surface area contributed by atoms with Crippen LogP contribution in [0, 0.1) is 25.0 Å². The molecule has 32 heavy (non-hydrogen) atoms. The molecule has 0 aliphatic rings. The molecule has 3 aromatic rings. The van der Waals surface area contributed by atoms with Crippen molar-refractivity contribution in [1.82, 2.24) is 0 Å². The van der Waals surface area contributed by atoms with Gasteiger partial charge in [-0.3, -0.25) is 10.1 Å². The van der Waals surface area contributed by atoms with Gasteiger partial charge >= 0.3 is 0 Å². The molecule has 162 valence electrons. The molecular formula is C23H18IN3O5. The number of hydrogen-bond acceptors (Lipinski definition) is 7. The van der Waals surface area contributed by atoms with E-state index in [0.717, 1.165) is 14.7 Å². The van der Waals surface area contributed by atoms with E-state index in [4.69, 9.17) is 19.6 Å². The molecule has 0 aliphatic heterocycles. The Morgan fingerprint density at radius 3 is 2.72 bits per heavy atom. The number of methoxy groups -OCH3 is 1. The molecule has 0 saturated heterocycles. The molecule has 0 heterocycles. The summed E-state index contributed by atoms with van der Waals surface area (Å²) in [5.74, 6) is 1.03. The molecule has 8 nitrogen and oxygen atoms in total. The monoisotopic (exact) mass is 543 g/mol. The number of halogens is 1. The number of ether oxygens (including phenoxy) is 2. The maximum atomic E-state index is 10.9. The fraction of sp³-hybridized carbons (Fsp3) is 0.130. The Hall–Kier alpha value is -3.65. The van der Waals surface area contributed by atoms with E-state index in [0.29, 0.717) is 22.6 Å². The highest BCUT2D eigenvalue weighted by Crippen LogP contribution is 2.34. The quantitative estimate of drug-likeness (QED) is 0.159. The number of nitro benzene ring substituents is 1. The second kappa shape index (κ2) is 11.1. The summed E-state index contributed by atoms with van der Waals surface area (Å²) in [5.41, 5.74) is 2.72. The van der Waals surface area contributed by atoms with Gasteiger partial charge in [-0.1, -0.05) is 35.5 Å². The minimum atomic E-state index is -0.442. The first-order chi connectivity index (χ1) is 15.5. The summed E-state index contributed by atoms with van der Waals surface area (Å²) >= 11 is 2.12. The van der Waals surface area contributed by atoms with E-state index >= 15 is 0 Å². The summed E-state index contributed by atoms with van der Waals surface area (Å²) in [4.78, 5) is 15.8. The van der Waals surface area contributed by atoms with Crippen LogP contribution in [0.4, 0.5) is 5.69 Å². The smallest absolute Gasteiger partial charge is 0.269 e. The molecule has 0 bridgehead atoms. The lowest BCUT2D eigenvalue weighted by Gasteiger charge is -2.13. The normalized spacial score (nSPS) is 10.5. The van der Waals surface area contributed by atoms with Crippen LogP contribution in [-0.2, 0) is 18.1 Å². The number of non-ortho nitro benzene ring substituents is 1. The van der Waals surface area contributed by atoms with Crippen molar-refractivity contribution in [1.29, 1.82) is 5.26 Å². The van der Waals surface area contributed by atoms with Crippen LogP contribution in [0.25, 0.3) is 0 Å². The molecule has 0 N–H and O–H groups in total. The topological polar surface area (TPSA) is 107 Å². The van der Waals surface area contributed by atoms with Gasteiger partial charge in [-0.05, 0) is 46.4 Å². The van der Waals surface area contributed by atoms with Crippen LogP contribution in [0.3, 0.4) is 0 Å². The molecule has 0 unspecified atom stereocenters. The largest absolute Gasteiger partial charge is 0.493 e. The van der Waals surface area contributed by atoms with Gasteiger partial charge in [-0.2, -0.15) is 5.26 Å². The molecule has 3 aromatic carbocycles. The van der Waals surface area contributed by atoms with Gasteiger partial charge in [0.2, 0.25) is 0 Å². The second-order valence-corrected chi connectivity index (χ2v) is 7.69. The summed E-state index contributed by atoms with van der Waals surface area (Å²) in [6.07, 6.45) is 1.55. The number of rotatable bonds is 9. The Morgan fingerprint density at radius 1 is 1.16 bits per heavy atom. The average Bonchev–Trinajstić information content (AvgIpc) is 2.81. The molecule has 0 amide bonds. The van der Waals surface area contributed by atoms with Crippen LogP contribution >= 0.6 is 22.6 Å². The van der Waals surface area contributed by atoms with Gasteiger partial charge < -0.3 is 14.3 Å². The molecule has 0 spiro atoms. The molecule has 9 heteroatoms. The standard InChI is InChI=1S/C23H18IN3O5/c1-30-22-11-17(13-26-32-15-19-7-3-2-6-18(19)12-25)10-21(24)23(22)31-14-16-5-4-8-20(9-16)27(28)29/h2-11,13H,14-15H2,1H3/b26-13-. The fourth-order valence-corrected chi connectivity index (χ4v) is 3.61. The van der Waals surface area contributed by atoms with Crippen LogP contribution in [0.15, 0.2) is 65.8 Å². The zero-order valence-electron chi connectivity index (χ0n) is 17.0. The highest BCUT2D eigenvalue weighted by Gasteiger charge is 2.13. The Morgan fingerprint density at radius 2 is 1.97 bits per heavy atom. The Bertz CT molecular complexity index is 1190. The zero-order chi connectivity index (χ0) is 22.9. The van der Waals surface area contributed by atoms with Crippen molar-refractivity contribution in [2.24, 2.45) is 5.16 Å². The zero-order valence-corrected chi connectivity index (χ0v) is 19.2. The Kier molecular flexibility index (Phi) is 7.99. The molecule has 0 aliphatic carbocycles. The first-order valence-electron chi connectivity index (χ1n) is 9.39. The summed E-state index contributed by atoms with van der Waals surface area (Å²) in [6.45, 7) is 0.335. The van der Waals surface area contributed by atoms with Gasteiger partial charge in [-0.15, -0.1) is 0 Å². The van der Waals surface area contributed by atoms with Crippen molar-refractivity contribution in [3.63, 3.8) is 0 Å². The van der Waals surface area contributed by atoms with E-state index < -0.39 is 4.92 Å². The van der Waals surface area contributed by atoms with E-state index in [1.165, 1.54) is 19.2 Å². The number of hydrogen-bond donors (Lipinski definition) is 0. The van der Waals surface area contributed by atoms with Crippen LogP contribution in [0.2, 0.25) is 0 Å². The highest BCUT2D eigenvalue weighted by molar-refractivity contribution is 14.1. The predicted molar refractivity (Wildman–Crippen MR) is 127 cm³/mol. The van der Waals surface area contributed by atoms with Gasteiger partial charge in [0.15, 0.2) is 11.5 Å². The molecule has 0 aromatic heterocycles. The van der Waals surface area contributed by atoms with Gasteiger partial charge in [0.1, 0.15) is 13.2 Å². The minimum absolute atomic E-state index is 0.0108. The fourth-order valence-electron chi connectivity index (χ4n) is 2.83. The maximum absolute atomic E-state index is 10.9.